The molecule has 4 N–H and O–H groups in total. The number of hydrogen-bond acceptors (Lipinski definition) is 6. The lowest BCUT2D eigenvalue weighted by Gasteiger charge is -2.30. The van der Waals surface area contributed by atoms with Crippen LogP contribution in [0.4, 0.5) is 0 Å². The molecular weight excluding hydrogens is 384 g/mol. The molecule has 8 heteroatoms. The Morgan fingerprint density at radius 2 is 1.77 bits per heavy atom. The Morgan fingerprint density at radius 3 is 2.47 bits per heavy atom. The summed E-state index contributed by atoms with van der Waals surface area (Å²) in [5, 5.41) is 5.73. The van der Waals surface area contributed by atoms with Gasteiger partial charge in [0, 0.05) is 25.6 Å². The van der Waals surface area contributed by atoms with Crippen LogP contribution in [0, 0.1) is 5.92 Å². The van der Waals surface area contributed by atoms with Crippen LogP contribution in [-0.2, 0) is 16.1 Å². The molecule has 1 saturated heterocycles. The van der Waals surface area contributed by atoms with Gasteiger partial charge in [-0.25, -0.2) is 0 Å². The van der Waals surface area contributed by atoms with E-state index in [0.29, 0.717) is 30.1 Å². The fourth-order valence-corrected chi connectivity index (χ4v) is 4.86. The highest BCUT2D eigenvalue weighted by atomic mass is 16.2. The van der Waals surface area contributed by atoms with E-state index in [1.54, 1.807) is 12.1 Å². The fraction of sp³-hybridized carbons (Fsp3) is 0.545. The van der Waals surface area contributed by atoms with Crippen LogP contribution in [-0.4, -0.2) is 47.2 Å². The van der Waals surface area contributed by atoms with E-state index < -0.39 is 23.8 Å². The van der Waals surface area contributed by atoms with Crippen molar-refractivity contribution in [1.29, 1.82) is 0 Å². The van der Waals surface area contributed by atoms with Gasteiger partial charge in [0.1, 0.15) is 6.04 Å². The lowest BCUT2D eigenvalue weighted by molar-refractivity contribution is -0.136. The first-order chi connectivity index (χ1) is 14.5. The van der Waals surface area contributed by atoms with Gasteiger partial charge in [0.25, 0.3) is 11.8 Å². The molecule has 4 rings (SSSR count). The SMILES string of the molecule is NC[C@@H](NCc1ccc2c(c1)C(=O)N(C1CCC(=O)NC1=O)C2=O)C1CCCCC1. The van der Waals surface area contributed by atoms with E-state index in [0.717, 1.165) is 10.5 Å². The molecule has 2 heterocycles. The Balaban J connectivity index is 1.46. The van der Waals surface area contributed by atoms with Crippen molar-refractivity contribution >= 4 is 23.6 Å². The molecule has 2 atom stereocenters. The zero-order valence-electron chi connectivity index (χ0n) is 17.0. The predicted octanol–water partition coefficient (Wildman–Crippen LogP) is 1.08. The maximum Gasteiger partial charge on any atom is 0.262 e. The van der Waals surface area contributed by atoms with E-state index >= 15 is 0 Å². The minimum atomic E-state index is -0.940. The summed E-state index contributed by atoms with van der Waals surface area (Å²) in [5.74, 6) is -1.36. The Morgan fingerprint density at radius 1 is 1.03 bits per heavy atom. The number of hydrogen-bond donors (Lipinski definition) is 3. The van der Waals surface area contributed by atoms with Crippen molar-refractivity contribution in [3.63, 3.8) is 0 Å². The summed E-state index contributed by atoms with van der Waals surface area (Å²) in [6.07, 6.45) is 6.42. The largest absolute Gasteiger partial charge is 0.329 e. The van der Waals surface area contributed by atoms with E-state index in [1.807, 2.05) is 6.07 Å². The lowest BCUT2D eigenvalue weighted by Crippen LogP contribution is -2.54. The molecule has 0 bridgehead atoms. The second kappa shape index (κ2) is 8.65. The van der Waals surface area contributed by atoms with Crippen molar-refractivity contribution in [2.75, 3.05) is 6.54 Å². The quantitative estimate of drug-likeness (QED) is 0.601. The Kier molecular flexibility index (Phi) is 5.97. The summed E-state index contributed by atoms with van der Waals surface area (Å²) in [5.41, 5.74) is 7.50. The maximum absolute atomic E-state index is 12.9. The minimum absolute atomic E-state index is 0.112. The van der Waals surface area contributed by atoms with Crippen molar-refractivity contribution in [2.24, 2.45) is 11.7 Å². The Labute approximate surface area is 175 Å². The molecule has 0 spiro atoms. The van der Waals surface area contributed by atoms with Crippen LogP contribution in [0.1, 0.15) is 71.2 Å². The van der Waals surface area contributed by atoms with E-state index in [-0.39, 0.29) is 24.8 Å². The van der Waals surface area contributed by atoms with Gasteiger partial charge in [0.05, 0.1) is 11.1 Å². The fourth-order valence-electron chi connectivity index (χ4n) is 4.86. The number of rotatable bonds is 6. The third-order valence-electron chi connectivity index (χ3n) is 6.55. The van der Waals surface area contributed by atoms with E-state index in [2.05, 4.69) is 10.6 Å². The molecule has 3 aliphatic rings. The number of amides is 4. The van der Waals surface area contributed by atoms with E-state index in [9.17, 15) is 19.2 Å². The van der Waals surface area contributed by atoms with Crippen molar-refractivity contribution < 1.29 is 19.2 Å². The number of nitrogens with one attached hydrogen (secondary N) is 2. The second-order valence-electron chi connectivity index (χ2n) is 8.45. The zero-order chi connectivity index (χ0) is 21.3. The summed E-state index contributed by atoms with van der Waals surface area (Å²) in [6.45, 7) is 1.13. The average Bonchev–Trinajstić information content (AvgIpc) is 2.99. The summed E-state index contributed by atoms with van der Waals surface area (Å²) < 4.78 is 0. The maximum atomic E-state index is 12.9. The van der Waals surface area contributed by atoms with Crippen LogP contribution in [0.25, 0.3) is 0 Å². The average molecular weight is 412 g/mol. The molecule has 8 nitrogen and oxygen atoms in total. The highest BCUT2D eigenvalue weighted by Crippen LogP contribution is 2.29. The Bertz CT molecular complexity index is 878. The number of nitrogens with zero attached hydrogens (tertiary/aromatic N) is 1. The van der Waals surface area contributed by atoms with Crippen LogP contribution < -0.4 is 16.4 Å². The molecule has 0 aromatic heterocycles. The van der Waals surface area contributed by atoms with Crippen molar-refractivity contribution in [3.05, 3.63) is 34.9 Å². The van der Waals surface area contributed by atoms with Crippen LogP contribution in [0.5, 0.6) is 0 Å². The number of piperidine rings is 1. The third kappa shape index (κ3) is 3.89. The second-order valence-corrected chi connectivity index (χ2v) is 8.45. The molecule has 160 valence electrons. The zero-order valence-corrected chi connectivity index (χ0v) is 17.0. The van der Waals surface area contributed by atoms with Gasteiger partial charge in [0.15, 0.2) is 0 Å². The molecule has 1 unspecified atom stereocenters. The lowest BCUT2D eigenvalue weighted by atomic mass is 9.84. The smallest absolute Gasteiger partial charge is 0.262 e. The number of fused-ring (bicyclic) bond motifs is 1. The van der Waals surface area contributed by atoms with Gasteiger partial charge >= 0.3 is 0 Å². The molecule has 2 aliphatic heterocycles. The van der Waals surface area contributed by atoms with E-state index in [1.165, 1.54) is 32.1 Å². The van der Waals surface area contributed by atoms with E-state index in [4.69, 9.17) is 5.73 Å². The molecule has 1 aliphatic carbocycles. The van der Waals surface area contributed by atoms with Gasteiger partial charge in [0.2, 0.25) is 11.8 Å². The summed E-state index contributed by atoms with van der Waals surface area (Å²) >= 11 is 0. The molecule has 1 aromatic carbocycles. The summed E-state index contributed by atoms with van der Waals surface area (Å²) in [6, 6.07) is 4.50. The number of carbonyl (C=O) groups excluding carboxylic acids is 4. The van der Waals surface area contributed by atoms with Gasteiger partial charge in [-0.1, -0.05) is 25.3 Å². The first-order valence-electron chi connectivity index (χ1n) is 10.8. The summed E-state index contributed by atoms with van der Waals surface area (Å²) in [7, 11) is 0. The number of benzene rings is 1. The normalized spacial score (nSPS) is 23.5. The monoisotopic (exact) mass is 412 g/mol. The highest BCUT2D eigenvalue weighted by Gasteiger charge is 2.44. The molecule has 30 heavy (non-hydrogen) atoms. The molecule has 0 radical (unpaired) electrons. The van der Waals surface area contributed by atoms with Crippen molar-refractivity contribution in [1.82, 2.24) is 15.5 Å². The molecule has 4 amide bonds. The predicted molar refractivity (Wildman–Crippen MR) is 109 cm³/mol. The number of imide groups is 2. The third-order valence-corrected chi connectivity index (χ3v) is 6.55. The first-order valence-corrected chi connectivity index (χ1v) is 10.8. The molecule has 2 fully saturated rings. The van der Waals surface area contributed by atoms with Gasteiger partial charge in [-0.05, 0) is 42.9 Å². The van der Waals surface area contributed by atoms with Gasteiger partial charge in [-0.15, -0.1) is 0 Å². The van der Waals surface area contributed by atoms with Crippen LogP contribution in [0.2, 0.25) is 0 Å². The van der Waals surface area contributed by atoms with Gasteiger partial charge in [-0.2, -0.15) is 0 Å². The van der Waals surface area contributed by atoms with Crippen molar-refractivity contribution in [3.8, 4) is 0 Å². The molecule has 1 saturated carbocycles. The van der Waals surface area contributed by atoms with Crippen LogP contribution in [0.3, 0.4) is 0 Å². The molecule has 1 aromatic rings. The minimum Gasteiger partial charge on any atom is -0.329 e. The Hall–Kier alpha value is -2.58. The summed E-state index contributed by atoms with van der Waals surface area (Å²) in [4.78, 5) is 50.2. The molecular formula is C22H28N4O4. The van der Waals surface area contributed by atoms with Crippen LogP contribution >= 0.6 is 0 Å². The first kappa shape index (κ1) is 20.7. The van der Waals surface area contributed by atoms with Gasteiger partial charge in [-0.3, -0.25) is 29.4 Å². The van der Waals surface area contributed by atoms with Crippen molar-refractivity contribution in [2.45, 2.75) is 63.6 Å². The highest BCUT2D eigenvalue weighted by molar-refractivity contribution is 6.23. The van der Waals surface area contributed by atoms with Crippen LogP contribution in [0.15, 0.2) is 18.2 Å². The number of nitrogens with two attached hydrogens (primary N) is 1. The van der Waals surface area contributed by atoms with Gasteiger partial charge < -0.3 is 11.1 Å². The number of carbonyl (C=O) groups is 4. The standard InChI is InChI=1S/C22H28N4O4/c23-11-17(14-4-2-1-3-5-14)24-12-13-6-7-15-16(10-13)22(30)26(21(15)29)18-8-9-19(27)25-20(18)28/h6-7,10,14,17-18,24H,1-5,8-9,11-12,23H2,(H,25,27,28)/t17-,18?/m1/s1. The topological polar surface area (TPSA) is 122 Å².